The zero-order valence-electron chi connectivity index (χ0n) is 7.87. The summed E-state index contributed by atoms with van der Waals surface area (Å²) in [5, 5.41) is 3.75. The summed E-state index contributed by atoms with van der Waals surface area (Å²) in [6.45, 7) is 3.43. The van der Waals surface area contributed by atoms with Crippen LogP contribution < -0.4 is 4.74 Å². The third-order valence-electron chi connectivity index (χ3n) is 1.57. The van der Waals surface area contributed by atoms with E-state index in [9.17, 15) is 4.79 Å². The van der Waals surface area contributed by atoms with Gasteiger partial charge in [-0.15, -0.1) is 0 Å². The fourth-order valence-corrected chi connectivity index (χ4v) is 0.958. The van der Waals surface area contributed by atoms with Gasteiger partial charge in [-0.3, -0.25) is 4.79 Å². The summed E-state index contributed by atoms with van der Waals surface area (Å²) in [6.07, 6.45) is 3.03. The lowest BCUT2D eigenvalue weighted by molar-refractivity contribution is -0.133. The Kier molecular flexibility index (Phi) is 3.49. The van der Waals surface area contributed by atoms with Crippen LogP contribution in [0.4, 0.5) is 0 Å². The molecule has 13 heavy (non-hydrogen) atoms. The smallest absolute Gasteiger partial charge is 0.319 e. The van der Waals surface area contributed by atoms with Crippen molar-refractivity contribution >= 4 is 5.97 Å². The van der Waals surface area contributed by atoms with Crippen LogP contribution in [-0.2, 0) is 11.2 Å². The van der Waals surface area contributed by atoms with Crippen LogP contribution in [0.3, 0.4) is 0 Å². The molecule has 4 heteroatoms. The summed E-state index contributed by atoms with van der Waals surface area (Å²) in [7, 11) is 0. The molecule has 0 atom stereocenters. The van der Waals surface area contributed by atoms with Gasteiger partial charge in [0.2, 0.25) is 0 Å². The SMILES string of the molecule is CCCCc1cc(OC(C)=O)on1. The van der Waals surface area contributed by atoms with Crippen LogP contribution in [0.25, 0.3) is 0 Å². The molecule has 0 saturated carbocycles. The molecule has 0 aliphatic rings. The van der Waals surface area contributed by atoms with Gasteiger partial charge in [-0.2, -0.15) is 0 Å². The largest absolute Gasteiger partial charge is 0.391 e. The molecular weight excluding hydrogens is 170 g/mol. The van der Waals surface area contributed by atoms with E-state index in [4.69, 9.17) is 9.26 Å². The van der Waals surface area contributed by atoms with Gasteiger partial charge in [-0.25, -0.2) is 0 Å². The fourth-order valence-electron chi connectivity index (χ4n) is 0.958. The van der Waals surface area contributed by atoms with E-state index >= 15 is 0 Å². The number of hydrogen-bond acceptors (Lipinski definition) is 4. The van der Waals surface area contributed by atoms with Crippen molar-refractivity contribution in [3.05, 3.63) is 11.8 Å². The molecule has 0 bridgehead atoms. The summed E-state index contributed by atoms with van der Waals surface area (Å²) < 4.78 is 9.49. The Morgan fingerprint density at radius 2 is 2.46 bits per heavy atom. The molecule has 1 aromatic rings. The molecule has 0 aromatic carbocycles. The van der Waals surface area contributed by atoms with Crippen LogP contribution in [0.2, 0.25) is 0 Å². The molecule has 72 valence electrons. The number of unbranched alkanes of at least 4 members (excludes halogenated alkanes) is 1. The second-order valence-corrected chi connectivity index (χ2v) is 2.83. The third-order valence-corrected chi connectivity index (χ3v) is 1.57. The van der Waals surface area contributed by atoms with Gasteiger partial charge in [0.25, 0.3) is 0 Å². The van der Waals surface area contributed by atoms with E-state index in [1.807, 2.05) is 0 Å². The van der Waals surface area contributed by atoms with E-state index in [1.165, 1.54) is 6.92 Å². The number of hydrogen-bond donors (Lipinski definition) is 0. The van der Waals surface area contributed by atoms with Crippen molar-refractivity contribution in [1.29, 1.82) is 0 Å². The highest BCUT2D eigenvalue weighted by Crippen LogP contribution is 2.14. The van der Waals surface area contributed by atoms with E-state index in [0.29, 0.717) is 0 Å². The minimum atomic E-state index is -0.391. The number of carbonyl (C=O) groups is 1. The molecule has 0 aliphatic heterocycles. The summed E-state index contributed by atoms with van der Waals surface area (Å²) in [4.78, 5) is 10.5. The summed E-state index contributed by atoms with van der Waals surface area (Å²) >= 11 is 0. The topological polar surface area (TPSA) is 52.3 Å². The normalized spacial score (nSPS) is 10.0. The second-order valence-electron chi connectivity index (χ2n) is 2.83. The van der Waals surface area contributed by atoms with Gasteiger partial charge < -0.3 is 9.26 Å². The number of rotatable bonds is 4. The van der Waals surface area contributed by atoms with Crippen molar-refractivity contribution < 1.29 is 14.1 Å². The first kappa shape index (κ1) is 9.77. The zero-order chi connectivity index (χ0) is 9.68. The van der Waals surface area contributed by atoms with Gasteiger partial charge in [-0.1, -0.05) is 18.5 Å². The van der Waals surface area contributed by atoms with Gasteiger partial charge in [0.15, 0.2) is 0 Å². The predicted octanol–water partition coefficient (Wildman–Crippen LogP) is 1.94. The van der Waals surface area contributed by atoms with Gasteiger partial charge in [0.05, 0.1) is 5.69 Å². The van der Waals surface area contributed by atoms with Crippen LogP contribution >= 0.6 is 0 Å². The minimum Gasteiger partial charge on any atom is -0.391 e. The Hall–Kier alpha value is -1.32. The highest BCUT2D eigenvalue weighted by atomic mass is 16.6. The number of ether oxygens (including phenoxy) is 1. The van der Waals surface area contributed by atoms with Crippen molar-refractivity contribution in [3.63, 3.8) is 0 Å². The number of aryl methyl sites for hydroxylation is 1. The monoisotopic (exact) mass is 183 g/mol. The van der Waals surface area contributed by atoms with Crippen molar-refractivity contribution in [2.45, 2.75) is 33.1 Å². The molecule has 1 heterocycles. The van der Waals surface area contributed by atoms with Crippen molar-refractivity contribution in [2.24, 2.45) is 0 Å². The fraction of sp³-hybridized carbons (Fsp3) is 0.556. The predicted molar refractivity (Wildman–Crippen MR) is 46.4 cm³/mol. The number of aromatic nitrogens is 1. The Morgan fingerprint density at radius 1 is 1.69 bits per heavy atom. The van der Waals surface area contributed by atoms with Gasteiger partial charge in [-0.05, 0) is 12.8 Å². The number of nitrogens with zero attached hydrogens (tertiary/aromatic N) is 1. The first-order valence-electron chi connectivity index (χ1n) is 4.36. The minimum absolute atomic E-state index is 0.179. The van der Waals surface area contributed by atoms with Crippen LogP contribution in [0.5, 0.6) is 5.95 Å². The first-order valence-corrected chi connectivity index (χ1v) is 4.36. The van der Waals surface area contributed by atoms with Gasteiger partial charge in [0.1, 0.15) is 0 Å². The lowest BCUT2D eigenvalue weighted by Crippen LogP contribution is -1.99. The van der Waals surface area contributed by atoms with E-state index in [-0.39, 0.29) is 5.95 Å². The quantitative estimate of drug-likeness (QED) is 0.669. The molecule has 0 radical (unpaired) electrons. The average Bonchev–Trinajstić information content (AvgIpc) is 2.48. The lowest BCUT2D eigenvalue weighted by atomic mass is 10.2. The lowest BCUT2D eigenvalue weighted by Gasteiger charge is -1.90. The van der Waals surface area contributed by atoms with Crippen molar-refractivity contribution in [3.8, 4) is 5.95 Å². The maximum Gasteiger partial charge on any atom is 0.319 e. The summed E-state index contributed by atoms with van der Waals surface area (Å²) in [5.74, 6) is -0.211. The first-order chi connectivity index (χ1) is 6.22. The molecule has 4 nitrogen and oxygen atoms in total. The highest BCUT2D eigenvalue weighted by Gasteiger charge is 2.06. The van der Waals surface area contributed by atoms with E-state index in [1.54, 1.807) is 6.07 Å². The Morgan fingerprint density at radius 3 is 3.08 bits per heavy atom. The summed E-state index contributed by atoms with van der Waals surface area (Å²) in [6, 6.07) is 1.65. The second kappa shape index (κ2) is 4.64. The molecular formula is C9H13NO3. The standard InChI is InChI=1S/C9H13NO3/c1-3-4-5-8-6-9(13-10-8)12-7(2)11/h6H,3-5H2,1-2H3. The Bertz CT molecular complexity index is 280. The molecule has 1 aromatic heterocycles. The summed E-state index contributed by atoms with van der Waals surface area (Å²) in [5.41, 5.74) is 0.832. The van der Waals surface area contributed by atoms with E-state index in [2.05, 4.69) is 12.1 Å². The Labute approximate surface area is 76.9 Å². The molecule has 0 unspecified atom stereocenters. The van der Waals surface area contributed by atoms with Crippen molar-refractivity contribution in [2.75, 3.05) is 0 Å². The van der Waals surface area contributed by atoms with Crippen LogP contribution in [0.15, 0.2) is 10.6 Å². The molecule has 0 saturated heterocycles. The highest BCUT2D eigenvalue weighted by molar-refractivity contribution is 5.68. The van der Waals surface area contributed by atoms with Crippen molar-refractivity contribution in [1.82, 2.24) is 5.16 Å². The molecule has 0 amide bonds. The third kappa shape index (κ3) is 3.27. The van der Waals surface area contributed by atoms with Gasteiger partial charge >= 0.3 is 11.9 Å². The van der Waals surface area contributed by atoms with E-state index in [0.717, 1.165) is 25.0 Å². The zero-order valence-corrected chi connectivity index (χ0v) is 7.87. The molecule has 0 N–H and O–H groups in total. The molecule has 0 spiro atoms. The van der Waals surface area contributed by atoms with Crippen LogP contribution in [0.1, 0.15) is 32.4 Å². The number of carbonyl (C=O) groups excluding carboxylic acids is 1. The van der Waals surface area contributed by atoms with Crippen LogP contribution in [0, 0.1) is 0 Å². The molecule has 1 rings (SSSR count). The maximum absolute atomic E-state index is 10.5. The van der Waals surface area contributed by atoms with Gasteiger partial charge in [0, 0.05) is 13.0 Å². The Balaban J connectivity index is 2.48. The van der Waals surface area contributed by atoms with Crippen LogP contribution in [-0.4, -0.2) is 11.1 Å². The molecule has 0 aliphatic carbocycles. The maximum atomic E-state index is 10.5. The average molecular weight is 183 g/mol. The molecule has 0 fully saturated rings. The number of esters is 1. The van der Waals surface area contributed by atoms with E-state index < -0.39 is 5.97 Å².